The fourth-order valence-corrected chi connectivity index (χ4v) is 2.82. The van der Waals surface area contributed by atoms with Crippen LogP contribution in [0.15, 0.2) is 48.5 Å². The lowest BCUT2D eigenvalue weighted by molar-refractivity contribution is 0.607. The smallest absolute Gasteiger partial charge is 0.0998 e. The van der Waals surface area contributed by atoms with Crippen LogP contribution >= 0.6 is 0 Å². The lowest BCUT2D eigenvalue weighted by Gasteiger charge is -2.07. The van der Waals surface area contributed by atoms with E-state index >= 15 is 0 Å². The Bertz CT molecular complexity index is 608. The second-order valence-corrected chi connectivity index (χ2v) is 5.88. The first-order valence-electron chi connectivity index (χ1n) is 8.43. The van der Waals surface area contributed by atoms with Gasteiger partial charge in [0.2, 0.25) is 0 Å². The molecule has 0 bridgehead atoms. The second kappa shape index (κ2) is 9.05. The summed E-state index contributed by atoms with van der Waals surface area (Å²) < 4.78 is 0. The molecule has 22 heavy (non-hydrogen) atoms. The molecule has 0 N–H and O–H groups in total. The topological polar surface area (TPSA) is 23.8 Å². The summed E-state index contributed by atoms with van der Waals surface area (Å²) in [5.41, 5.74) is 4.22. The first kappa shape index (κ1) is 16.3. The summed E-state index contributed by atoms with van der Waals surface area (Å²) in [4.78, 5) is 0. The van der Waals surface area contributed by atoms with Crippen LogP contribution in [0.3, 0.4) is 0 Å². The van der Waals surface area contributed by atoms with Crippen LogP contribution in [-0.4, -0.2) is 0 Å². The van der Waals surface area contributed by atoms with Gasteiger partial charge in [-0.1, -0.05) is 81.5 Å². The highest BCUT2D eigenvalue weighted by molar-refractivity contribution is 5.70. The Balaban J connectivity index is 1.97. The van der Waals surface area contributed by atoms with Gasteiger partial charge in [0.15, 0.2) is 0 Å². The highest BCUT2D eigenvalue weighted by atomic mass is 14.2. The van der Waals surface area contributed by atoms with Gasteiger partial charge in [-0.25, -0.2) is 0 Å². The summed E-state index contributed by atoms with van der Waals surface area (Å²) in [5.74, 6) is 0. The van der Waals surface area contributed by atoms with E-state index in [1.54, 1.807) is 0 Å². The van der Waals surface area contributed by atoms with Crippen LogP contribution in [0.25, 0.3) is 11.1 Å². The van der Waals surface area contributed by atoms with E-state index in [1.807, 2.05) is 18.2 Å². The first-order valence-corrected chi connectivity index (χ1v) is 8.43. The molecule has 0 aromatic heterocycles. The fraction of sp³-hybridized carbons (Fsp3) is 0.381. The molecule has 1 heteroatoms. The molecule has 0 heterocycles. The molecule has 0 aliphatic carbocycles. The molecule has 114 valence electrons. The predicted octanol–water partition coefficient (Wildman–Crippen LogP) is 6.13. The van der Waals surface area contributed by atoms with Crippen molar-refractivity contribution in [2.45, 2.75) is 51.9 Å². The Labute approximate surface area is 134 Å². The minimum Gasteiger partial charge on any atom is -0.192 e. The van der Waals surface area contributed by atoms with Crippen molar-refractivity contribution < 1.29 is 0 Å². The number of hydrogen-bond acceptors (Lipinski definition) is 1. The monoisotopic (exact) mass is 291 g/mol. The van der Waals surface area contributed by atoms with Crippen molar-refractivity contribution in [3.63, 3.8) is 0 Å². The minimum atomic E-state index is 0.787. The molecule has 0 aliphatic heterocycles. The normalized spacial score (nSPS) is 10.4. The Morgan fingerprint density at radius 2 is 1.59 bits per heavy atom. The van der Waals surface area contributed by atoms with Crippen molar-refractivity contribution in [1.82, 2.24) is 0 Å². The van der Waals surface area contributed by atoms with E-state index in [9.17, 15) is 5.26 Å². The van der Waals surface area contributed by atoms with Crippen LogP contribution in [0.2, 0.25) is 0 Å². The molecule has 2 rings (SSSR count). The Kier molecular flexibility index (Phi) is 6.71. The van der Waals surface area contributed by atoms with Crippen molar-refractivity contribution in [1.29, 1.82) is 5.26 Å². The second-order valence-electron chi connectivity index (χ2n) is 5.88. The van der Waals surface area contributed by atoms with E-state index < -0.39 is 0 Å². The largest absolute Gasteiger partial charge is 0.192 e. The average molecular weight is 291 g/mol. The van der Waals surface area contributed by atoms with Gasteiger partial charge in [0.05, 0.1) is 11.6 Å². The summed E-state index contributed by atoms with van der Waals surface area (Å²) in [5, 5.41) is 9.42. The fourth-order valence-electron chi connectivity index (χ4n) is 2.82. The summed E-state index contributed by atoms with van der Waals surface area (Å²) in [6.45, 7) is 2.25. The summed E-state index contributed by atoms with van der Waals surface area (Å²) in [6.07, 6.45) is 8.93. The molecule has 0 unspecified atom stereocenters. The minimum absolute atomic E-state index is 0.787. The Morgan fingerprint density at radius 3 is 2.32 bits per heavy atom. The summed E-state index contributed by atoms with van der Waals surface area (Å²) in [6, 6.07) is 18.8. The maximum atomic E-state index is 9.42. The van der Waals surface area contributed by atoms with Crippen LogP contribution in [0.5, 0.6) is 0 Å². The van der Waals surface area contributed by atoms with Gasteiger partial charge in [0.1, 0.15) is 0 Å². The number of benzene rings is 2. The molecule has 2 aromatic rings. The summed E-state index contributed by atoms with van der Waals surface area (Å²) >= 11 is 0. The molecular formula is C21H25N. The Morgan fingerprint density at radius 1 is 0.864 bits per heavy atom. The SMILES string of the molecule is CCCCCCCCc1ccc(-c2ccccc2)c(C#N)c1. The van der Waals surface area contributed by atoms with E-state index in [0.29, 0.717) is 0 Å². The molecule has 0 fully saturated rings. The number of rotatable bonds is 8. The van der Waals surface area contributed by atoms with E-state index in [4.69, 9.17) is 0 Å². The van der Waals surface area contributed by atoms with Crippen molar-refractivity contribution in [2.75, 3.05) is 0 Å². The van der Waals surface area contributed by atoms with Crippen molar-refractivity contribution in [3.05, 3.63) is 59.7 Å². The molecule has 1 nitrogen and oxygen atoms in total. The molecular weight excluding hydrogens is 266 g/mol. The third-order valence-corrected chi connectivity index (χ3v) is 4.11. The van der Waals surface area contributed by atoms with Gasteiger partial charge < -0.3 is 0 Å². The number of nitriles is 1. The number of aryl methyl sites for hydroxylation is 1. The van der Waals surface area contributed by atoms with Crippen LogP contribution in [0, 0.1) is 11.3 Å². The van der Waals surface area contributed by atoms with E-state index in [1.165, 1.54) is 44.1 Å². The van der Waals surface area contributed by atoms with Gasteiger partial charge in [-0.15, -0.1) is 0 Å². The summed E-state index contributed by atoms with van der Waals surface area (Å²) in [7, 11) is 0. The highest BCUT2D eigenvalue weighted by Crippen LogP contribution is 2.24. The van der Waals surface area contributed by atoms with Crippen LogP contribution in [0.1, 0.15) is 56.6 Å². The van der Waals surface area contributed by atoms with Gasteiger partial charge in [-0.05, 0) is 35.6 Å². The van der Waals surface area contributed by atoms with Crippen molar-refractivity contribution in [2.24, 2.45) is 0 Å². The zero-order valence-corrected chi connectivity index (χ0v) is 13.5. The van der Waals surface area contributed by atoms with E-state index in [0.717, 1.165) is 23.1 Å². The lowest BCUT2D eigenvalue weighted by atomic mass is 9.96. The van der Waals surface area contributed by atoms with Crippen molar-refractivity contribution >= 4 is 0 Å². The molecule has 2 aromatic carbocycles. The molecule has 0 atom stereocenters. The van der Waals surface area contributed by atoms with E-state index in [-0.39, 0.29) is 0 Å². The van der Waals surface area contributed by atoms with Gasteiger partial charge in [-0.2, -0.15) is 5.26 Å². The lowest BCUT2D eigenvalue weighted by Crippen LogP contribution is -1.91. The zero-order valence-electron chi connectivity index (χ0n) is 13.5. The molecule has 0 amide bonds. The first-order chi connectivity index (χ1) is 10.8. The Hall–Kier alpha value is -2.07. The average Bonchev–Trinajstić information content (AvgIpc) is 2.58. The van der Waals surface area contributed by atoms with Crippen LogP contribution in [0.4, 0.5) is 0 Å². The van der Waals surface area contributed by atoms with Crippen molar-refractivity contribution in [3.8, 4) is 17.2 Å². The number of nitrogens with zero attached hydrogens (tertiary/aromatic N) is 1. The quantitative estimate of drug-likeness (QED) is 0.537. The van der Waals surface area contributed by atoms with Gasteiger partial charge in [0, 0.05) is 0 Å². The third kappa shape index (κ3) is 4.74. The maximum absolute atomic E-state index is 9.42. The highest BCUT2D eigenvalue weighted by Gasteiger charge is 2.05. The van der Waals surface area contributed by atoms with E-state index in [2.05, 4.69) is 43.3 Å². The standard InChI is InChI=1S/C21H25N/c1-2-3-4-5-6-8-11-18-14-15-21(20(16-18)17-22)19-12-9-7-10-13-19/h7,9-10,12-16H,2-6,8,11H2,1H3. The van der Waals surface area contributed by atoms with Gasteiger partial charge in [0.25, 0.3) is 0 Å². The van der Waals surface area contributed by atoms with Crippen LogP contribution < -0.4 is 0 Å². The number of unbranched alkanes of at least 4 members (excludes halogenated alkanes) is 5. The maximum Gasteiger partial charge on any atom is 0.0998 e. The third-order valence-electron chi connectivity index (χ3n) is 4.11. The zero-order chi connectivity index (χ0) is 15.6. The molecule has 0 radical (unpaired) electrons. The predicted molar refractivity (Wildman–Crippen MR) is 93.7 cm³/mol. The molecule has 0 saturated carbocycles. The van der Waals surface area contributed by atoms with Gasteiger partial charge >= 0.3 is 0 Å². The molecule has 0 aliphatic rings. The van der Waals surface area contributed by atoms with Crippen LogP contribution in [-0.2, 0) is 6.42 Å². The molecule has 0 spiro atoms. The molecule has 0 saturated heterocycles. The number of hydrogen-bond donors (Lipinski definition) is 0. The van der Waals surface area contributed by atoms with Gasteiger partial charge in [-0.3, -0.25) is 0 Å².